The lowest BCUT2D eigenvalue weighted by molar-refractivity contribution is -0.126. The molecule has 0 bridgehead atoms. The van der Waals surface area contributed by atoms with Gasteiger partial charge in [0.2, 0.25) is 0 Å². The zero-order valence-corrected chi connectivity index (χ0v) is 15.1. The van der Waals surface area contributed by atoms with Crippen LogP contribution < -0.4 is 0 Å². The molecule has 0 aromatic carbocycles. The molecule has 3 fully saturated rings. The summed E-state index contributed by atoms with van der Waals surface area (Å²) >= 11 is 0. The number of Topliss-reactive ketones (excluding diaryl/α,β-unsaturated/α-hetero) is 1. The van der Waals surface area contributed by atoms with Crippen LogP contribution >= 0.6 is 0 Å². The molecule has 4 aliphatic carbocycles. The molecule has 128 valence electrons. The van der Waals surface area contributed by atoms with Crippen molar-refractivity contribution in [1.29, 1.82) is 0 Å². The fraction of sp³-hybridized carbons (Fsp3) is 0.636. The second-order valence-corrected chi connectivity index (χ2v) is 9.05. The fourth-order valence-corrected chi connectivity index (χ4v) is 6.91. The molecule has 0 heterocycles. The van der Waals surface area contributed by atoms with Gasteiger partial charge >= 0.3 is 0 Å². The second-order valence-electron chi connectivity index (χ2n) is 9.05. The molecule has 0 aliphatic heterocycles. The van der Waals surface area contributed by atoms with Gasteiger partial charge in [-0.05, 0) is 74.3 Å². The van der Waals surface area contributed by atoms with E-state index in [2.05, 4.69) is 26.5 Å². The van der Waals surface area contributed by atoms with E-state index >= 15 is 0 Å². The summed E-state index contributed by atoms with van der Waals surface area (Å²) in [6.07, 6.45) is 11.3. The summed E-state index contributed by atoms with van der Waals surface area (Å²) in [4.78, 5) is 24.1. The minimum atomic E-state index is 0.0355. The summed E-state index contributed by atoms with van der Waals surface area (Å²) in [7, 11) is 0. The van der Waals surface area contributed by atoms with Crippen LogP contribution in [0, 0.1) is 34.5 Å². The molecule has 0 aromatic rings. The Hall–Kier alpha value is -1.44. The van der Waals surface area contributed by atoms with Gasteiger partial charge in [0, 0.05) is 11.3 Å². The third-order valence-corrected chi connectivity index (χ3v) is 7.95. The Morgan fingerprint density at radius 3 is 2.71 bits per heavy atom. The lowest BCUT2D eigenvalue weighted by atomic mass is 9.47. The minimum absolute atomic E-state index is 0.0355. The molecule has 2 nitrogen and oxygen atoms in total. The molecule has 0 N–H and O–H groups in total. The van der Waals surface area contributed by atoms with Crippen molar-refractivity contribution in [2.24, 2.45) is 34.5 Å². The van der Waals surface area contributed by atoms with Gasteiger partial charge in [0.1, 0.15) is 5.78 Å². The summed E-state index contributed by atoms with van der Waals surface area (Å²) in [5.74, 6) is 2.31. The van der Waals surface area contributed by atoms with Gasteiger partial charge in [0.05, 0.1) is 0 Å². The van der Waals surface area contributed by atoms with E-state index < -0.39 is 0 Å². The maximum absolute atomic E-state index is 12.3. The molecule has 4 rings (SSSR count). The van der Waals surface area contributed by atoms with E-state index in [0.717, 1.165) is 37.7 Å². The van der Waals surface area contributed by atoms with Crippen LogP contribution in [0.1, 0.15) is 52.9 Å². The highest BCUT2D eigenvalue weighted by atomic mass is 16.1. The van der Waals surface area contributed by atoms with Gasteiger partial charge in [-0.3, -0.25) is 9.59 Å². The van der Waals surface area contributed by atoms with Crippen LogP contribution in [0.5, 0.6) is 0 Å². The average Bonchev–Trinajstić information content (AvgIpc) is 2.78. The Balaban J connectivity index is 1.72. The third-order valence-electron chi connectivity index (χ3n) is 7.95. The van der Waals surface area contributed by atoms with Crippen LogP contribution in [0.2, 0.25) is 0 Å². The molecule has 0 radical (unpaired) electrons. The van der Waals surface area contributed by atoms with Gasteiger partial charge < -0.3 is 0 Å². The smallest absolute Gasteiger partial charge is 0.178 e. The number of carbonyl (C=O) groups excluding carboxylic acids is 2. The van der Waals surface area contributed by atoms with Gasteiger partial charge in [0.15, 0.2) is 5.78 Å². The van der Waals surface area contributed by atoms with Crippen LogP contribution in [-0.4, -0.2) is 11.6 Å². The molecule has 0 unspecified atom stereocenters. The topological polar surface area (TPSA) is 34.1 Å². The highest BCUT2D eigenvalue weighted by Gasteiger charge is 2.60. The van der Waals surface area contributed by atoms with Gasteiger partial charge in [-0.15, -0.1) is 0 Å². The standard InChI is InChI=1S/C22H28O2/c1-13-11-19-17-6-5-15-12-16(24)7-9-21(15,3)18(17)8-10-22(19,4)20(13)14(2)23/h7,9,12,17-20H,1,5-6,8,10-11H2,2-4H3/t17-,18+,19+,20-,21+,22+/m1/s1. The van der Waals surface area contributed by atoms with E-state index in [4.69, 9.17) is 0 Å². The minimum Gasteiger partial charge on any atom is -0.299 e. The molecule has 0 amide bonds. The number of fused-ring (bicyclic) bond motifs is 5. The van der Waals surface area contributed by atoms with E-state index in [9.17, 15) is 9.59 Å². The summed E-state index contributed by atoms with van der Waals surface area (Å²) < 4.78 is 0. The normalized spacial score (nSPS) is 46.9. The largest absolute Gasteiger partial charge is 0.299 e. The lowest BCUT2D eigenvalue weighted by Crippen LogP contribution is -2.50. The molecule has 0 spiro atoms. The van der Waals surface area contributed by atoms with Crippen LogP contribution in [0.25, 0.3) is 0 Å². The first-order valence-corrected chi connectivity index (χ1v) is 9.40. The molecule has 0 aromatic heterocycles. The van der Waals surface area contributed by atoms with Crippen LogP contribution in [0.4, 0.5) is 0 Å². The van der Waals surface area contributed by atoms with E-state index in [0.29, 0.717) is 23.5 Å². The first-order chi connectivity index (χ1) is 11.3. The predicted molar refractivity (Wildman–Crippen MR) is 95.3 cm³/mol. The van der Waals surface area contributed by atoms with Crippen molar-refractivity contribution in [3.63, 3.8) is 0 Å². The Labute approximate surface area is 145 Å². The van der Waals surface area contributed by atoms with E-state index in [1.165, 1.54) is 5.57 Å². The number of ketones is 2. The maximum Gasteiger partial charge on any atom is 0.178 e. The van der Waals surface area contributed by atoms with Crippen LogP contribution in [0.15, 0.2) is 36.0 Å². The summed E-state index contributed by atoms with van der Waals surface area (Å²) in [6.45, 7) is 10.7. The van der Waals surface area contributed by atoms with Crippen LogP contribution in [-0.2, 0) is 9.59 Å². The quantitative estimate of drug-likeness (QED) is 0.657. The Morgan fingerprint density at radius 1 is 1.25 bits per heavy atom. The molecule has 3 saturated carbocycles. The predicted octanol–water partition coefficient (Wildman–Crippen LogP) is 4.67. The van der Waals surface area contributed by atoms with Gasteiger partial charge in [-0.25, -0.2) is 0 Å². The van der Waals surface area contributed by atoms with Crippen molar-refractivity contribution < 1.29 is 9.59 Å². The SMILES string of the molecule is C=C1C[C@H]2[C@@H]3CCC4=CC(=O)C=C[C@]4(C)[C@H]3CC[C@]2(C)[C@H]1C(C)=O. The fourth-order valence-electron chi connectivity index (χ4n) is 6.91. The summed E-state index contributed by atoms with van der Waals surface area (Å²) in [5, 5.41) is 0. The monoisotopic (exact) mass is 324 g/mol. The molecule has 6 atom stereocenters. The second kappa shape index (κ2) is 5.03. The van der Waals surface area contributed by atoms with Gasteiger partial charge in [-0.1, -0.05) is 37.6 Å². The van der Waals surface area contributed by atoms with Gasteiger partial charge in [0.25, 0.3) is 0 Å². The van der Waals surface area contributed by atoms with Crippen molar-refractivity contribution in [2.75, 3.05) is 0 Å². The lowest BCUT2D eigenvalue weighted by Gasteiger charge is -2.56. The zero-order chi connectivity index (χ0) is 17.3. The highest BCUT2D eigenvalue weighted by molar-refractivity contribution is 6.01. The van der Waals surface area contributed by atoms with Crippen molar-refractivity contribution in [3.8, 4) is 0 Å². The Morgan fingerprint density at radius 2 is 2.00 bits per heavy atom. The Bertz CT molecular complexity index is 697. The number of hydrogen-bond donors (Lipinski definition) is 0. The molecule has 2 heteroatoms. The first-order valence-electron chi connectivity index (χ1n) is 9.40. The van der Waals surface area contributed by atoms with Crippen LogP contribution in [0.3, 0.4) is 0 Å². The summed E-state index contributed by atoms with van der Waals surface area (Å²) in [6, 6.07) is 0. The number of allylic oxidation sites excluding steroid dienone is 5. The molecule has 0 saturated heterocycles. The van der Waals surface area contributed by atoms with Crippen molar-refractivity contribution >= 4 is 11.6 Å². The van der Waals surface area contributed by atoms with Crippen molar-refractivity contribution in [2.45, 2.75) is 52.9 Å². The van der Waals surface area contributed by atoms with E-state index in [1.54, 1.807) is 13.0 Å². The third kappa shape index (κ3) is 1.95. The first kappa shape index (κ1) is 16.1. The Kier molecular flexibility index (Phi) is 3.37. The van der Waals surface area contributed by atoms with Crippen molar-refractivity contribution in [3.05, 3.63) is 36.0 Å². The average molecular weight is 324 g/mol. The van der Waals surface area contributed by atoms with E-state index in [1.807, 2.05) is 6.08 Å². The summed E-state index contributed by atoms with van der Waals surface area (Å²) in [5.41, 5.74) is 2.63. The number of carbonyl (C=O) groups is 2. The number of hydrogen-bond acceptors (Lipinski definition) is 2. The molecular formula is C22H28O2. The van der Waals surface area contributed by atoms with Gasteiger partial charge in [-0.2, -0.15) is 0 Å². The molecule has 24 heavy (non-hydrogen) atoms. The molecule has 4 aliphatic rings. The maximum atomic E-state index is 12.3. The molecular weight excluding hydrogens is 296 g/mol. The number of rotatable bonds is 1. The zero-order valence-electron chi connectivity index (χ0n) is 15.1. The van der Waals surface area contributed by atoms with E-state index in [-0.39, 0.29) is 22.5 Å². The highest BCUT2D eigenvalue weighted by Crippen LogP contribution is 2.66. The van der Waals surface area contributed by atoms with Crippen molar-refractivity contribution in [1.82, 2.24) is 0 Å².